The number of aryl methyl sites for hydroxylation is 1. The van der Waals surface area contributed by atoms with Crippen molar-refractivity contribution in [3.8, 4) is 0 Å². The smallest absolute Gasteiger partial charge is 0.150 e. The van der Waals surface area contributed by atoms with Crippen molar-refractivity contribution < 1.29 is 8.42 Å². The number of nitrogens with two attached hydrogens (primary N) is 1. The van der Waals surface area contributed by atoms with Crippen LogP contribution >= 0.6 is 0 Å². The first-order valence-electron chi connectivity index (χ1n) is 5.84. The van der Waals surface area contributed by atoms with Crippen LogP contribution in [0.2, 0.25) is 0 Å². The van der Waals surface area contributed by atoms with Gasteiger partial charge in [-0.2, -0.15) is 0 Å². The highest BCUT2D eigenvalue weighted by Crippen LogP contribution is 2.27. The lowest BCUT2D eigenvalue weighted by Gasteiger charge is -2.15. The minimum atomic E-state index is -2.80. The summed E-state index contributed by atoms with van der Waals surface area (Å²) in [5, 5.41) is 0. The third kappa shape index (κ3) is 3.26. The van der Waals surface area contributed by atoms with Gasteiger partial charge in [0.2, 0.25) is 0 Å². The summed E-state index contributed by atoms with van der Waals surface area (Å²) in [5.74, 6) is 0.812. The highest BCUT2D eigenvalue weighted by molar-refractivity contribution is 7.91. The molecule has 5 heteroatoms. The summed E-state index contributed by atoms with van der Waals surface area (Å²) in [6, 6.07) is 1.90. The third-order valence-electron chi connectivity index (χ3n) is 3.24. The number of pyridine rings is 1. The maximum atomic E-state index is 11.4. The Hall–Kier alpha value is -0.940. The van der Waals surface area contributed by atoms with Crippen LogP contribution in [0.25, 0.3) is 0 Å². The molecule has 2 heterocycles. The van der Waals surface area contributed by atoms with Crippen LogP contribution < -0.4 is 5.73 Å². The average Bonchev–Trinajstić information content (AvgIpc) is 2.58. The average molecular weight is 254 g/mol. The molecule has 2 N–H and O–H groups in total. The normalized spacial score (nSPS) is 24.7. The van der Waals surface area contributed by atoms with Crippen molar-refractivity contribution in [1.29, 1.82) is 0 Å². The molecule has 1 saturated heterocycles. The molecule has 0 saturated carbocycles. The molecular formula is C12H18N2O2S. The van der Waals surface area contributed by atoms with E-state index in [-0.39, 0.29) is 12.0 Å². The van der Waals surface area contributed by atoms with Gasteiger partial charge in [0.05, 0.1) is 11.5 Å². The van der Waals surface area contributed by atoms with Crippen molar-refractivity contribution in [3.05, 3.63) is 29.6 Å². The zero-order valence-corrected chi connectivity index (χ0v) is 10.8. The first-order chi connectivity index (χ1) is 7.96. The van der Waals surface area contributed by atoms with Crippen LogP contribution in [0, 0.1) is 12.8 Å². The quantitative estimate of drug-likeness (QED) is 0.880. The van der Waals surface area contributed by atoms with E-state index in [1.807, 2.05) is 13.0 Å². The molecule has 0 spiro atoms. The molecule has 0 aliphatic carbocycles. The van der Waals surface area contributed by atoms with Crippen LogP contribution in [-0.2, 0) is 9.84 Å². The van der Waals surface area contributed by atoms with E-state index >= 15 is 0 Å². The van der Waals surface area contributed by atoms with Gasteiger partial charge in [-0.05, 0) is 36.8 Å². The van der Waals surface area contributed by atoms with Gasteiger partial charge in [-0.25, -0.2) is 8.42 Å². The molecule has 1 aromatic heterocycles. The Bertz CT molecular complexity index is 499. The Morgan fingerprint density at radius 2 is 2.29 bits per heavy atom. The zero-order chi connectivity index (χ0) is 12.5. The van der Waals surface area contributed by atoms with E-state index in [1.54, 1.807) is 12.4 Å². The van der Waals surface area contributed by atoms with Gasteiger partial charge in [-0.3, -0.25) is 4.98 Å². The first-order valence-corrected chi connectivity index (χ1v) is 7.66. The zero-order valence-electron chi connectivity index (χ0n) is 9.96. The van der Waals surface area contributed by atoms with Crippen molar-refractivity contribution in [2.45, 2.75) is 25.8 Å². The summed E-state index contributed by atoms with van der Waals surface area (Å²) >= 11 is 0. The van der Waals surface area contributed by atoms with Crippen molar-refractivity contribution in [2.75, 3.05) is 11.5 Å². The number of hydrogen-bond acceptors (Lipinski definition) is 4. The van der Waals surface area contributed by atoms with Crippen LogP contribution in [0.4, 0.5) is 0 Å². The largest absolute Gasteiger partial charge is 0.324 e. The van der Waals surface area contributed by atoms with Crippen LogP contribution in [0.1, 0.15) is 30.0 Å². The molecule has 1 aliphatic heterocycles. The first kappa shape index (κ1) is 12.5. The molecule has 0 aromatic carbocycles. The third-order valence-corrected chi connectivity index (χ3v) is 5.08. The van der Waals surface area contributed by atoms with E-state index in [0.29, 0.717) is 11.5 Å². The molecule has 17 heavy (non-hydrogen) atoms. The molecule has 0 bridgehead atoms. The van der Waals surface area contributed by atoms with Gasteiger partial charge in [0.25, 0.3) is 0 Å². The van der Waals surface area contributed by atoms with Crippen LogP contribution in [0.5, 0.6) is 0 Å². The van der Waals surface area contributed by atoms with E-state index in [4.69, 9.17) is 5.73 Å². The fourth-order valence-electron chi connectivity index (χ4n) is 2.33. The Balaban J connectivity index is 2.00. The molecule has 1 aromatic rings. The van der Waals surface area contributed by atoms with Crippen LogP contribution in [0.3, 0.4) is 0 Å². The van der Waals surface area contributed by atoms with Gasteiger partial charge in [0, 0.05) is 18.4 Å². The Kier molecular flexibility index (Phi) is 3.49. The molecule has 1 aliphatic rings. The number of rotatable bonds is 3. The summed E-state index contributed by atoms with van der Waals surface area (Å²) in [6.45, 7) is 1.98. The predicted molar refractivity (Wildman–Crippen MR) is 67.3 cm³/mol. The van der Waals surface area contributed by atoms with E-state index in [9.17, 15) is 8.42 Å². The fourth-order valence-corrected chi connectivity index (χ4v) is 4.21. The van der Waals surface area contributed by atoms with E-state index in [1.165, 1.54) is 0 Å². The maximum absolute atomic E-state index is 11.4. The molecular weight excluding hydrogens is 236 g/mol. The highest BCUT2D eigenvalue weighted by Gasteiger charge is 2.29. The van der Waals surface area contributed by atoms with Gasteiger partial charge in [0.1, 0.15) is 0 Å². The van der Waals surface area contributed by atoms with Gasteiger partial charge >= 0.3 is 0 Å². The van der Waals surface area contributed by atoms with E-state index in [2.05, 4.69) is 4.98 Å². The Morgan fingerprint density at radius 3 is 2.88 bits per heavy atom. The molecule has 2 atom stereocenters. The number of sulfone groups is 1. The standard InChI is InChI=1S/C12H18N2O2S/c1-9-4-11(7-14-6-9)12(13)5-10-2-3-17(15,16)8-10/h4,6-7,10,12H,2-3,5,8,13H2,1H3. The summed E-state index contributed by atoms with van der Waals surface area (Å²) in [5.41, 5.74) is 8.17. The maximum Gasteiger partial charge on any atom is 0.150 e. The molecule has 1 fully saturated rings. The molecule has 2 unspecified atom stereocenters. The van der Waals surface area contributed by atoms with Crippen molar-refractivity contribution in [1.82, 2.24) is 4.98 Å². The SMILES string of the molecule is Cc1cncc(C(N)CC2CCS(=O)(=O)C2)c1. The van der Waals surface area contributed by atoms with Crippen molar-refractivity contribution >= 4 is 9.84 Å². The van der Waals surface area contributed by atoms with Gasteiger partial charge in [-0.1, -0.05) is 6.07 Å². The monoisotopic (exact) mass is 254 g/mol. The van der Waals surface area contributed by atoms with Crippen molar-refractivity contribution in [2.24, 2.45) is 11.7 Å². The number of nitrogens with zero attached hydrogens (tertiary/aromatic N) is 1. The van der Waals surface area contributed by atoms with E-state index in [0.717, 1.165) is 24.0 Å². The molecule has 94 valence electrons. The highest BCUT2D eigenvalue weighted by atomic mass is 32.2. The Morgan fingerprint density at radius 1 is 1.53 bits per heavy atom. The fraction of sp³-hybridized carbons (Fsp3) is 0.583. The lowest BCUT2D eigenvalue weighted by molar-refractivity contribution is 0.480. The van der Waals surface area contributed by atoms with Gasteiger partial charge in [0.15, 0.2) is 9.84 Å². The predicted octanol–water partition coefficient (Wildman–Crippen LogP) is 1.21. The van der Waals surface area contributed by atoms with Crippen LogP contribution in [-0.4, -0.2) is 24.9 Å². The number of aromatic nitrogens is 1. The second-order valence-electron chi connectivity index (χ2n) is 4.91. The van der Waals surface area contributed by atoms with Crippen molar-refractivity contribution in [3.63, 3.8) is 0 Å². The van der Waals surface area contributed by atoms with Gasteiger partial charge in [-0.15, -0.1) is 0 Å². The summed E-state index contributed by atoms with van der Waals surface area (Å²) in [6.07, 6.45) is 5.02. The lowest BCUT2D eigenvalue weighted by Crippen LogP contribution is -2.16. The molecule has 0 radical (unpaired) electrons. The summed E-state index contributed by atoms with van der Waals surface area (Å²) in [7, 11) is -2.80. The Labute approximate surface area is 102 Å². The topological polar surface area (TPSA) is 73.0 Å². The molecule has 2 rings (SSSR count). The number of hydrogen-bond donors (Lipinski definition) is 1. The minimum absolute atomic E-state index is 0.110. The lowest BCUT2D eigenvalue weighted by atomic mass is 9.95. The summed E-state index contributed by atoms with van der Waals surface area (Å²) < 4.78 is 22.7. The second kappa shape index (κ2) is 4.74. The van der Waals surface area contributed by atoms with Gasteiger partial charge < -0.3 is 5.73 Å². The molecule has 0 amide bonds. The second-order valence-corrected chi connectivity index (χ2v) is 7.14. The molecule has 4 nitrogen and oxygen atoms in total. The van der Waals surface area contributed by atoms with Crippen LogP contribution in [0.15, 0.2) is 18.5 Å². The van der Waals surface area contributed by atoms with E-state index < -0.39 is 9.84 Å². The summed E-state index contributed by atoms with van der Waals surface area (Å²) in [4.78, 5) is 4.11. The minimum Gasteiger partial charge on any atom is -0.324 e.